The highest BCUT2D eigenvalue weighted by atomic mass is 79.9. The van der Waals surface area contributed by atoms with E-state index in [9.17, 15) is 4.79 Å². The molecule has 0 saturated carbocycles. The van der Waals surface area contributed by atoms with Crippen molar-refractivity contribution in [2.75, 3.05) is 6.61 Å². The molecule has 0 radical (unpaired) electrons. The van der Waals surface area contributed by atoms with E-state index in [1.807, 2.05) is 39.8 Å². The van der Waals surface area contributed by atoms with E-state index in [1.54, 1.807) is 24.4 Å². The Morgan fingerprint density at radius 2 is 2.03 bits per heavy atom. The molecule has 1 heterocycles. The number of ether oxygens (including phenoxy) is 2. The van der Waals surface area contributed by atoms with E-state index in [-0.39, 0.29) is 11.7 Å². The van der Waals surface area contributed by atoms with Crippen LogP contribution in [0.4, 0.5) is 0 Å². The molecule has 0 N–H and O–H groups in total. The van der Waals surface area contributed by atoms with E-state index in [1.165, 1.54) is 4.68 Å². The Morgan fingerprint density at radius 1 is 1.26 bits per heavy atom. The van der Waals surface area contributed by atoms with E-state index in [2.05, 4.69) is 26.0 Å². The van der Waals surface area contributed by atoms with Crippen molar-refractivity contribution in [2.45, 2.75) is 46.6 Å². The van der Waals surface area contributed by atoms with Crippen molar-refractivity contribution < 1.29 is 9.47 Å². The van der Waals surface area contributed by atoms with Crippen LogP contribution in [-0.2, 0) is 6.42 Å². The summed E-state index contributed by atoms with van der Waals surface area (Å²) in [6.07, 6.45) is 3.00. The molecule has 164 valence electrons. The maximum Gasteiger partial charge on any atom is 0.282 e. The molecule has 0 unspecified atom stereocenters. The van der Waals surface area contributed by atoms with Crippen LogP contribution in [0.2, 0.25) is 5.02 Å². The van der Waals surface area contributed by atoms with Crippen molar-refractivity contribution in [1.29, 1.82) is 0 Å². The molecule has 0 spiro atoms. The van der Waals surface area contributed by atoms with Crippen LogP contribution in [0.15, 0.2) is 44.7 Å². The van der Waals surface area contributed by atoms with Gasteiger partial charge in [0.25, 0.3) is 5.56 Å². The van der Waals surface area contributed by atoms with Crippen molar-refractivity contribution in [3.63, 3.8) is 0 Å². The number of halogens is 2. The third-order valence-electron chi connectivity index (χ3n) is 4.36. The summed E-state index contributed by atoms with van der Waals surface area (Å²) in [7, 11) is 0. The SMILES string of the molecule is CCCc1nc2ccc(Br)cc2c(=O)n1N=Cc1cc(Cl)c(OC(C)C)c(OCC)c1. The number of aryl methyl sites for hydroxylation is 1. The smallest absolute Gasteiger partial charge is 0.282 e. The summed E-state index contributed by atoms with van der Waals surface area (Å²) in [6, 6.07) is 8.99. The fourth-order valence-corrected chi connectivity index (χ4v) is 3.72. The van der Waals surface area contributed by atoms with Gasteiger partial charge in [0, 0.05) is 10.9 Å². The van der Waals surface area contributed by atoms with Crippen molar-refractivity contribution in [3.05, 3.63) is 61.6 Å². The fourth-order valence-electron chi connectivity index (χ4n) is 3.10. The molecule has 3 aromatic rings. The van der Waals surface area contributed by atoms with Crippen molar-refractivity contribution in [1.82, 2.24) is 9.66 Å². The van der Waals surface area contributed by atoms with Gasteiger partial charge in [0.05, 0.1) is 34.9 Å². The first-order valence-corrected chi connectivity index (χ1v) is 11.4. The van der Waals surface area contributed by atoms with Gasteiger partial charge >= 0.3 is 0 Å². The number of benzene rings is 2. The Morgan fingerprint density at radius 3 is 2.71 bits per heavy atom. The van der Waals surface area contributed by atoms with Crippen LogP contribution in [0.1, 0.15) is 45.5 Å². The van der Waals surface area contributed by atoms with Crippen LogP contribution in [0.3, 0.4) is 0 Å². The molecule has 0 bridgehead atoms. The molecule has 0 aliphatic carbocycles. The van der Waals surface area contributed by atoms with E-state index in [0.29, 0.717) is 51.8 Å². The van der Waals surface area contributed by atoms with Crippen molar-refractivity contribution in [3.8, 4) is 11.5 Å². The summed E-state index contributed by atoms with van der Waals surface area (Å²) in [5.41, 5.74) is 1.12. The number of rotatable bonds is 8. The van der Waals surface area contributed by atoms with Crippen LogP contribution in [0, 0.1) is 0 Å². The topological polar surface area (TPSA) is 65.7 Å². The lowest BCUT2D eigenvalue weighted by Gasteiger charge is -2.16. The lowest BCUT2D eigenvalue weighted by molar-refractivity contribution is 0.224. The average molecular weight is 507 g/mol. The molecular weight excluding hydrogens is 482 g/mol. The van der Waals surface area contributed by atoms with Gasteiger partial charge < -0.3 is 9.47 Å². The number of hydrogen-bond acceptors (Lipinski definition) is 5. The summed E-state index contributed by atoms with van der Waals surface area (Å²) < 4.78 is 13.7. The zero-order valence-electron chi connectivity index (χ0n) is 18.0. The minimum absolute atomic E-state index is 0.0469. The van der Waals surface area contributed by atoms with Gasteiger partial charge in [-0.3, -0.25) is 4.79 Å². The Hall–Kier alpha value is -2.38. The summed E-state index contributed by atoms with van der Waals surface area (Å²) in [5.74, 6) is 1.64. The van der Waals surface area contributed by atoms with E-state index < -0.39 is 0 Å². The standard InChI is InChI=1S/C23H25BrClN3O3/c1-5-7-21-27-19-9-8-16(24)12-17(19)23(29)28(21)26-13-15-10-18(25)22(31-14(3)4)20(11-15)30-6-2/h8-14H,5-7H2,1-4H3. The molecule has 8 heteroatoms. The molecule has 31 heavy (non-hydrogen) atoms. The van der Waals surface area contributed by atoms with E-state index in [0.717, 1.165) is 10.9 Å². The van der Waals surface area contributed by atoms with Gasteiger partial charge in [-0.15, -0.1) is 0 Å². The van der Waals surface area contributed by atoms with E-state index >= 15 is 0 Å². The minimum atomic E-state index is -0.220. The van der Waals surface area contributed by atoms with Gasteiger partial charge in [0.1, 0.15) is 5.82 Å². The predicted octanol–water partition coefficient (Wildman–Crippen LogP) is 5.83. The van der Waals surface area contributed by atoms with Crippen LogP contribution in [0.5, 0.6) is 11.5 Å². The van der Waals surface area contributed by atoms with Crippen molar-refractivity contribution in [2.24, 2.45) is 5.10 Å². The van der Waals surface area contributed by atoms with E-state index in [4.69, 9.17) is 21.1 Å². The first kappa shape index (κ1) is 23.3. The Labute approximate surface area is 195 Å². The van der Waals surface area contributed by atoms with Gasteiger partial charge in [-0.2, -0.15) is 9.78 Å². The second-order valence-electron chi connectivity index (χ2n) is 7.23. The number of hydrogen-bond donors (Lipinski definition) is 0. The summed E-state index contributed by atoms with van der Waals surface area (Å²) in [5, 5.41) is 5.37. The highest BCUT2D eigenvalue weighted by Gasteiger charge is 2.14. The van der Waals surface area contributed by atoms with Crippen LogP contribution in [0.25, 0.3) is 10.9 Å². The lowest BCUT2D eigenvalue weighted by Crippen LogP contribution is -2.22. The predicted molar refractivity (Wildman–Crippen MR) is 129 cm³/mol. The van der Waals surface area contributed by atoms with Gasteiger partial charge in [-0.1, -0.05) is 34.5 Å². The molecule has 0 aliphatic rings. The molecular formula is C23H25BrClN3O3. The maximum atomic E-state index is 13.1. The van der Waals surface area contributed by atoms with Gasteiger partial charge in [-0.25, -0.2) is 4.98 Å². The first-order chi connectivity index (χ1) is 14.8. The molecule has 0 atom stereocenters. The highest BCUT2D eigenvalue weighted by molar-refractivity contribution is 9.10. The van der Waals surface area contributed by atoms with Crippen LogP contribution < -0.4 is 15.0 Å². The van der Waals surface area contributed by atoms with Gasteiger partial charge in [-0.05, 0) is 63.1 Å². The third kappa shape index (κ3) is 5.46. The largest absolute Gasteiger partial charge is 0.490 e. The quantitative estimate of drug-likeness (QED) is 0.360. The Bertz CT molecular complexity index is 1170. The maximum absolute atomic E-state index is 13.1. The van der Waals surface area contributed by atoms with Crippen LogP contribution >= 0.6 is 27.5 Å². The molecule has 6 nitrogen and oxygen atoms in total. The molecule has 1 aromatic heterocycles. The molecule has 2 aromatic carbocycles. The first-order valence-electron chi connectivity index (χ1n) is 10.2. The number of aromatic nitrogens is 2. The molecule has 0 amide bonds. The van der Waals surface area contributed by atoms with Crippen LogP contribution in [-0.4, -0.2) is 28.6 Å². The van der Waals surface area contributed by atoms with Crippen molar-refractivity contribution >= 4 is 44.6 Å². The third-order valence-corrected chi connectivity index (χ3v) is 5.13. The molecule has 0 fully saturated rings. The number of fused-ring (bicyclic) bond motifs is 1. The average Bonchev–Trinajstić information content (AvgIpc) is 2.71. The zero-order chi connectivity index (χ0) is 22.5. The molecule has 3 rings (SSSR count). The monoisotopic (exact) mass is 505 g/mol. The summed E-state index contributed by atoms with van der Waals surface area (Å²) >= 11 is 9.87. The second kappa shape index (κ2) is 10.3. The Kier molecular flexibility index (Phi) is 7.73. The number of nitrogens with zero attached hydrogens (tertiary/aromatic N) is 3. The summed E-state index contributed by atoms with van der Waals surface area (Å²) in [4.78, 5) is 17.8. The zero-order valence-corrected chi connectivity index (χ0v) is 20.3. The molecule has 0 saturated heterocycles. The molecule has 0 aliphatic heterocycles. The van der Waals surface area contributed by atoms with Gasteiger partial charge in [0.15, 0.2) is 11.5 Å². The fraction of sp³-hybridized carbons (Fsp3) is 0.348. The normalized spacial score (nSPS) is 11.6. The second-order valence-corrected chi connectivity index (χ2v) is 8.55. The minimum Gasteiger partial charge on any atom is -0.490 e. The Balaban J connectivity index is 2.09. The highest BCUT2D eigenvalue weighted by Crippen LogP contribution is 2.37. The summed E-state index contributed by atoms with van der Waals surface area (Å²) in [6.45, 7) is 8.24. The lowest BCUT2D eigenvalue weighted by atomic mass is 10.2. The van der Waals surface area contributed by atoms with Gasteiger partial charge in [0.2, 0.25) is 0 Å².